The molecule has 1 aliphatic heterocycles. The highest BCUT2D eigenvalue weighted by Gasteiger charge is 2.39. The smallest absolute Gasteiger partial charge is 0.244 e. The molecule has 1 aliphatic rings. The molecule has 0 radical (unpaired) electrons. The van der Waals surface area contributed by atoms with Crippen molar-refractivity contribution in [3.05, 3.63) is 94.5 Å². The summed E-state index contributed by atoms with van der Waals surface area (Å²) in [5, 5.41) is 3.00. The fourth-order valence-corrected chi connectivity index (χ4v) is 6.36. The number of sulfonamides is 1. The summed E-state index contributed by atoms with van der Waals surface area (Å²) < 4.78 is 34.5. The van der Waals surface area contributed by atoms with Crippen molar-refractivity contribution in [2.45, 2.75) is 57.0 Å². The normalized spacial score (nSPS) is 15.8. The van der Waals surface area contributed by atoms with Gasteiger partial charge in [0.1, 0.15) is 11.8 Å². The van der Waals surface area contributed by atoms with Gasteiger partial charge < -0.3 is 10.1 Å². The SMILES string of the molecule is COc1cc(S(=O)(=O)N2Cc3ccccc3CC2C(=O)NCCCCc2ccccc2)cc(C)c1C. The summed E-state index contributed by atoms with van der Waals surface area (Å²) in [6, 6.07) is 20.4. The molecule has 1 atom stereocenters. The topological polar surface area (TPSA) is 75.7 Å². The van der Waals surface area contributed by atoms with E-state index >= 15 is 0 Å². The first-order valence-electron chi connectivity index (χ1n) is 12.4. The number of unbranched alkanes of at least 4 members (excludes halogenated alkanes) is 1. The van der Waals surface area contributed by atoms with E-state index in [0.29, 0.717) is 18.7 Å². The highest BCUT2D eigenvalue weighted by molar-refractivity contribution is 7.89. The molecule has 1 heterocycles. The van der Waals surface area contributed by atoms with Gasteiger partial charge in [-0.2, -0.15) is 4.31 Å². The van der Waals surface area contributed by atoms with Gasteiger partial charge in [0, 0.05) is 19.2 Å². The van der Waals surface area contributed by atoms with Gasteiger partial charge in [-0.05, 0) is 73.4 Å². The molecule has 0 fully saturated rings. The largest absolute Gasteiger partial charge is 0.496 e. The van der Waals surface area contributed by atoms with E-state index in [0.717, 1.165) is 41.5 Å². The second kappa shape index (κ2) is 11.3. The van der Waals surface area contributed by atoms with Crippen LogP contribution in [0.3, 0.4) is 0 Å². The van der Waals surface area contributed by atoms with Gasteiger partial charge in [0.15, 0.2) is 0 Å². The van der Waals surface area contributed by atoms with Crippen molar-refractivity contribution in [3.63, 3.8) is 0 Å². The molecule has 36 heavy (non-hydrogen) atoms. The first kappa shape index (κ1) is 25.9. The minimum absolute atomic E-state index is 0.141. The molecule has 0 saturated heterocycles. The summed E-state index contributed by atoms with van der Waals surface area (Å²) in [5.74, 6) is 0.258. The van der Waals surface area contributed by atoms with Crippen molar-refractivity contribution in [2.75, 3.05) is 13.7 Å². The van der Waals surface area contributed by atoms with Crippen LogP contribution < -0.4 is 10.1 Å². The minimum atomic E-state index is -3.95. The van der Waals surface area contributed by atoms with Crippen LogP contribution in [0.2, 0.25) is 0 Å². The van der Waals surface area contributed by atoms with Crippen molar-refractivity contribution in [1.82, 2.24) is 9.62 Å². The second-order valence-corrected chi connectivity index (χ2v) is 11.2. The summed E-state index contributed by atoms with van der Waals surface area (Å²) in [7, 11) is -2.42. The molecule has 0 aromatic heterocycles. The number of fused-ring (bicyclic) bond motifs is 1. The number of nitrogens with one attached hydrogen (secondary N) is 1. The van der Waals surface area contributed by atoms with Gasteiger partial charge >= 0.3 is 0 Å². The lowest BCUT2D eigenvalue weighted by atomic mass is 9.95. The summed E-state index contributed by atoms with van der Waals surface area (Å²) in [6.45, 7) is 4.42. The number of nitrogens with zero attached hydrogens (tertiary/aromatic N) is 1. The van der Waals surface area contributed by atoms with Crippen LogP contribution in [0.15, 0.2) is 71.6 Å². The molecule has 4 rings (SSSR count). The molecular formula is C29H34N2O4S. The average molecular weight is 507 g/mol. The van der Waals surface area contributed by atoms with Crippen molar-refractivity contribution >= 4 is 15.9 Å². The minimum Gasteiger partial charge on any atom is -0.496 e. The van der Waals surface area contributed by atoms with Crippen LogP contribution in [0, 0.1) is 13.8 Å². The van der Waals surface area contributed by atoms with Crippen LogP contribution in [-0.2, 0) is 34.2 Å². The molecule has 0 saturated carbocycles. The van der Waals surface area contributed by atoms with Gasteiger partial charge in [-0.1, -0.05) is 54.6 Å². The Hall–Kier alpha value is -3.16. The first-order chi connectivity index (χ1) is 17.3. The summed E-state index contributed by atoms with van der Waals surface area (Å²) in [6.07, 6.45) is 3.06. The van der Waals surface area contributed by atoms with E-state index in [9.17, 15) is 13.2 Å². The molecule has 190 valence electrons. The maximum atomic E-state index is 13.9. The van der Waals surface area contributed by atoms with Crippen LogP contribution in [0.25, 0.3) is 0 Å². The number of hydrogen-bond acceptors (Lipinski definition) is 4. The fraction of sp³-hybridized carbons (Fsp3) is 0.345. The molecule has 0 aliphatic carbocycles. The van der Waals surface area contributed by atoms with Gasteiger partial charge in [0.05, 0.1) is 12.0 Å². The maximum absolute atomic E-state index is 13.9. The Bertz CT molecular complexity index is 1320. The van der Waals surface area contributed by atoms with E-state index in [4.69, 9.17) is 4.74 Å². The molecule has 1 unspecified atom stereocenters. The third-order valence-electron chi connectivity index (χ3n) is 6.96. The number of amides is 1. The van der Waals surface area contributed by atoms with Gasteiger partial charge in [0.2, 0.25) is 15.9 Å². The Kier molecular flexibility index (Phi) is 8.11. The number of carbonyl (C=O) groups excluding carboxylic acids is 1. The van der Waals surface area contributed by atoms with Crippen LogP contribution in [0.1, 0.15) is 40.7 Å². The average Bonchev–Trinajstić information content (AvgIpc) is 2.89. The molecular weight excluding hydrogens is 472 g/mol. The Morgan fingerprint density at radius 3 is 2.42 bits per heavy atom. The summed E-state index contributed by atoms with van der Waals surface area (Å²) >= 11 is 0. The summed E-state index contributed by atoms with van der Waals surface area (Å²) in [5.41, 5.74) is 4.92. The van der Waals surface area contributed by atoms with Crippen molar-refractivity contribution in [1.29, 1.82) is 0 Å². The Morgan fingerprint density at radius 2 is 1.69 bits per heavy atom. The highest BCUT2D eigenvalue weighted by Crippen LogP contribution is 2.32. The van der Waals surface area contributed by atoms with Gasteiger partial charge in [-0.15, -0.1) is 0 Å². The van der Waals surface area contributed by atoms with Gasteiger partial charge in [-0.3, -0.25) is 4.79 Å². The number of aryl methyl sites for hydroxylation is 2. The number of rotatable bonds is 9. The van der Waals surface area contributed by atoms with E-state index in [1.165, 1.54) is 17.0 Å². The van der Waals surface area contributed by atoms with E-state index in [-0.39, 0.29) is 17.3 Å². The standard InChI is InChI=1S/C29H34N2O4S/c1-21-17-26(19-28(35-3)22(21)2)36(33,34)31-20-25-15-8-7-14-24(25)18-27(31)29(32)30-16-10-9-13-23-11-5-4-6-12-23/h4-8,11-12,14-15,17,19,27H,9-10,13,16,18,20H2,1-3H3,(H,30,32). The van der Waals surface area contributed by atoms with E-state index in [1.807, 2.05) is 56.3 Å². The third-order valence-corrected chi connectivity index (χ3v) is 8.79. The second-order valence-electron chi connectivity index (χ2n) is 9.34. The monoisotopic (exact) mass is 506 g/mol. The number of ether oxygens (including phenoxy) is 1. The zero-order valence-corrected chi connectivity index (χ0v) is 22.0. The quantitative estimate of drug-likeness (QED) is 0.432. The third kappa shape index (κ3) is 5.63. The maximum Gasteiger partial charge on any atom is 0.244 e. The Labute approximate surface area is 214 Å². The Balaban J connectivity index is 1.52. The molecule has 0 spiro atoms. The van der Waals surface area contributed by atoms with E-state index < -0.39 is 16.1 Å². The summed E-state index contributed by atoms with van der Waals surface area (Å²) in [4.78, 5) is 13.5. The molecule has 1 amide bonds. The zero-order valence-electron chi connectivity index (χ0n) is 21.2. The molecule has 3 aromatic rings. The molecule has 6 nitrogen and oxygen atoms in total. The van der Waals surface area contributed by atoms with Crippen LogP contribution >= 0.6 is 0 Å². The molecule has 0 bridgehead atoms. The number of carbonyl (C=O) groups is 1. The Morgan fingerprint density at radius 1 is 1.00 bits per heavy atom. The lowest BCUT2D eigenvalue weighted by molar-refractivity contribution is -0.125. The van der Waals surface area contributed by atoms with Crippen LogP contribution in [-0.4, -0.2) is 38.3 Å². The number of hydrogen-bond donors (Lipinski definition) is 1. The van der Waals surface area contributed by atoms with Crippen molar-refractivity contribution in [3.8, 4) is 5.75 Å². The molecule has 1 N–H and O–H groups in total. The van der Waals surface area contributed by atoms with Crippen LogP contribution in [0.4, 0.5) is 0 Å². The fourth-order valence-electron chi connectivity index (χ4n) is 4.69. The predicted octanol–water partition coefficient (Wildman–Crippen LogP) is 4.57. The van der Waals surface area contributed by atoms with Crippen LogP contribution in [0.5, 0.6) is 5.75 Å². The number of methoxy groups -OCH3 is 1. The van der Waals surface area contributed by atoms with E-state index in [1.54, 1.807) is 12.1 Å². The van der Waals surface area contributed by atoms with Crippen molar-refractivity contribution < 1.29 is 17.9 Å². The van der Waals surface area contributed by atoms with E-state index in [2.05, 4.69) is 17.4 Å². The number of benzene rings is 3. The van der Waals surface area contributed by atoms with Gasteiger partial charge in [-0.25, -0.2) is 8.42 Å². The lowest BCUT2D eigenvalue weighted by Gasteiger charge is -2.35. The first-order valence-corrected chi connectivity index (χ1v) is 13.8. The highest BCUT2D eigenvalue weighted by atomic mass is 32.2. The molecule has 7 heteroatoms. The van der Waals surface area contributed by atoms with Crippen molar-refractivity contribution in [2.24, 2.45) is 0 Å². The molecule has 3 aromatic carbocycles. The zero-order chi connectivity index (χ0) is 25.7. The van der Waals surface area contributed by atoms with Gasteiger partial charge in [0.25, 0.3) is 0 Å². The predicted molar refractivity (Wildman–Crippen MR) is 142 cm³/mol. The lowest BCUT2D eigenvalue weighted by Crippen LogP contribution is -2.52.